The molecule has 0 saturated heterocycles. The van der Waals surface area contributed by atoms with Gasteiger partial charge >= 0.3 is 0 Å². The molecule has 1 amide bonds. The summed E-state index contributed by atoms with van der Waals surface area (Å²) in [6.45, 7) is 3.06. The maximum absolute atomic E-state index is 12.4. The highest BCUT2D eigenvalue weighted by Crippen LogP contribution is 2.18. The molecule has 5 nitrogen and oxygen atoms in total. The van der Waals surface area contributed by atoms with Crippen molar-refractivity contribution in [2.45, 2.75) is 24.0 Å². The van der Waals surface area contributed by atoms with Crippen LogP contribution in [-0.4, -0.2) is 23.3 Å². The number of carbonyl (C=O) groups excluding carboxylic acids is 1. The third-order valence-corrected chi connectivity index (χ3v) is 5.71. The number of furan rings is 1. The number of amides is 1. The van der Waals surface area contributed by atoms with Crippen LogP contribution in [0.4, 0.5) is 0 Å². The Kier molecular flexibility index (Phi) is 7.49. The Bertz CT molecular complexity index is 984. The number of hydrogen-bond donors (Lipinski definition) is 1. The highest BCUT2D eigenvalue weighted by Gasteiger charge is 2.13. The second kappa shape index (κ2) is 10.3. The average molecular weight is 432 g/mol. The van der Waals surface area contributed by atoms with Crippen molar-refractivity contribution in [1.29, 1.82) is 0 Å². The van der Waals surface area contributed by atoms with Crippen LogP contribution in [0, 0.1) is 0 Å². The topological polar surface area (TPSA) is 68.5 Å². The Morgan fingerprint density at radius 2 is 1.93 bits per heavy atom. The Morgan fingerprint density at radius 1 is 1.14 bits per heavy atom. The van der Waals surface area contributed by atoms with Gasteiger partial charge in [-0.25, -0.2) is 0 Å². The van der Waals surface area contributed by atoms with E-state index in [9.17, 15) is 9.00 Å². The van der Waals surface area contributed by atoms with Gasteiger partial charge in [0.2, 0.25) is 0 Å². The van der Waals surface area contributed by atoms with Gasteiger partial charge in [-0.1, -0.05) is 29.8 Å². The van der Waals surface area contributed by atoms with Gasteiger partial charge in [-0.15, -0.1) is 0 Å². The molecule has 3 rings (SSSR count). The standard InChI is InChI=1S/C22H22ClNO4S/c1-2-27-18-8-6-16(7-9-18)12-13-24-22(25)21-11-10-19(28-21)15-29(26)20-5-3-4-17(23)14-20/h3-11,14H,2,12-13,15H2,1H3,(H,24,25)/t29-/m1/s1. The van der Waals surface area contributed by atoms with Gasteiger partial charge in [0.25, 0.3) is 5.91 Å². The summed E-state index contributed by atoms with van der Waals surface area (Å²) in [5, 5.41) is 3.37. The molecule has 0 spiro atoms. The van der Waals surface area contributed by atoms with Crippen molar-refractivity contribution in [3.8, 4) is 5.75 Å². The van der Waals surface area contributed by atoms with Crippen LogP contribution in [0.2, 0.25) is 5.02 Å². The highest BCUT2D eigenvalue weighted by molar-refractivity contribution is 7.84. The molecule has 1 aromatic heterocycles. The van der Waals surface area contributed by atoms with E-state index in [4.69, 9.17) is 20.8 Å². The molecule has 1 N–H and O–H groups in total. The molecule has 3 aromatic rings. The fourth-order valence-corrected chi connectivity index (χ4v) is 4.05. The first-order valence-corrected chi connectivity index (χ1v) is 11.0. The van der Waals surface area contributed by atoms with Gasteiger partial charge < -0.3 is 14.5 Å². The molecule has 0 saturated carbocycles. The van der Waals surface area contributed by atoms with Crippen molar-refractivity contribution in [2.24, 2.45) is 0 Å². The van der Waals surface area contributed by atoms with Crippen molar-refractivity contribution < 1.29 is 18.2 Å². The summed E-state index contributed by atoms with van der Waals surface area (Å²) in [5.74, 6) is 1.41. The van der Waals surface area contributed by atoms with Crippen LogP contribution in [-0.2, 0) is 23.0 Å². The lowest BCUT2D eigenvalue weighted by atomic mass is 10.1. The van der Waals surface area contributed by atoms with Crippen molar-refractivity contribution in [2.75, 3.05) is 13.2 Å². The largest absolute Gasteiger partial charge is 0.494 e. The molecule has 2 aromatic carbocycles. The second-order valence-electron chi connectivity index (χ2n) is 6.30. The third kappa shape index (κ3) is 6.21. The monoisotopic (exact) mass is 431 g/mol. The lowest BCUT2D eigenvalue weighted by molar-refractivity contribution is 0.0925. The molecule has 0 aliphatic carbocycles. The molecular formula is C22H22ClNO4S. The fraction of sp³-hybridized carbons (Fsp3) is 0.227. The highest BCUT2D eigenvalue weighted by atomic mass is 35.5. The Labute approximate surface area is 177 Å². The molecule has 7 heteroatoms. The molecule has 1 heterocycles. The van der Waals surface area contributed by atoms with Crippen LogP contribution in [0.25, 0.3) is 0 Å². The van der Waals surface area contributed by atoms with Crippen molar-refractivity contribution in [1.82, 2.24) is 5.32 Å². The summed E-state index contributed by atoms with van der Waals surface area (Å²) in [6.07, 6.45) is 0.699. The maximum Gasteiger partial charge on any atom is 0.287 e. The Balaban J connectivity index is 1.49. The van der Waals surface area contributed by atoms with Crippen LogP contribution < -0.4 is 10.1 Å². The van der Waals surface area contributed by atoms with Crippen LogP contribution in [0.1, 0.15) is 28.8 Å². The third-order valence-electron chi connectivity index (χ3n) is 4.15. The predicted octanol–water partition coefficient (Wildman–Crippen LogP) is 4.61. The number of benzene rings is 2. The average Bonchev–Trinajstić information content (AvgIpc) is 3.18. The van der Waals surface area contributed by atoms with Gasteiger partial charge in [-0.05, 0) is 61.4 Å². The SMILES string of the molecule is CCOc1ccc(CCNC(=O)c2ccc(C[S@@](=O)c3cccc(Cl)c3)o2)cc1. The molecular weight excluding hydrogens is 410 g/mol. The molecule has 0 radical (unpaired) electrons. The second-order valence-corrected chi connectivity index (χ2v) is 8.18. The van der Waals surface area contributed by atoms with Gasteiger partial charge in [0.15, 0.2) is 5.76 Å². The normalized spacial score (nSPS) is 11.8. The first-order valence-electron chi connectivity index (χ1n) is 9.27. The van der Waals surface area contributed by atoms with Gasteiger partial charge in [0.05, 0.1) is 23.2 Å². The van der Waals surface area contributed by atoms with Crippen molar-refractivity contribution in [3.05, 3.63) is 82.8 Å². The lowest BCUT2D eigenvalue weighted by Gasteiger charge is -2.06. The molecule has 0 unspecified atom stereocenters. The van der Waals surface area contributed by atoms with Crippen molar-refractivity contribution >= 4 is 28.3 Å². The fourth-order valence-electron chi connectivity index (χ4n) is 2.73. The summed E-state index contributed by atoms with van der Waals surface area (Å²) in [5.41, 5.74) is 1.10. The van der Waals surface area contributed by atoms with Crippen LogP contribution in [0.15, 0.2) is 70.0 Å². The maximum atomic E-state index is 12.4. The van der Waals surface area contributed by atoms with E-state index in [1.54, 1.807) is 36.4 Å². The molecule has 0 fully saturated rings. The predicted molar refractivity (Wildman–Crippen MR) is 114 cm³/mol. The number of rotatable bonds is 9. The van der Waals surface area contributed by atoms with Crippen molar-refractivity contribution in [3.63, 3.8) is 0 Å². The minimum absolute atomic E-state index is 0.180. The molecule has 0 aliphatic heterocycles. The van der Waals surface area contributed by atoms with E-state index in [1.807, 2.05) is 31.2 Å². The minimum atomic E-state index is -1.30. The van der Waals surface area contributed by atoms with E-state index in [2.05, 4.69) is 5.32 Å². The first-order chi connectivity index (χ1) is 14.0. The van der Waals surface area contributed by atoms with Gasteiger partial charge in [-0.2, -0.15) is 0 Å². The van der Waals surface area contributed by atoms with E-state index in [1.165, 1.54) is 0 Å². The Morgan fingerprint density at radius 3 is 2.66 bits per heavy atom. The van der Waals surface area contributed by atoms with E-state index < -0.39 is 10.8 Å². The molecule has 0 aliphatic rings. The van der Waals surface area contributed by atoms with Crippen LogP contribution in [0.3, 0.4) is 0 Å². The lowest BCUT2D eigenvalue weighted by Crippen LogP contribution is -2.25. The Hall–Kier alpha value is -2.57. The number of halogens is 1. The smallest absolute Gasteiger partial charge is 0.287 e. The number of ether oxygens (including phenoxy) is 1. The van der Waals surface area contributed by atoms with E-state index in [0.717, 1.165) is 11.3 Å². The summed E-state index contributed by atoms with van der Waals surface area (Å²) >= 11 is 5.94. The molecule has 0 bridgehead atoms. The molecule has 152 valence electrons. The summed E-state index contributed by atoms with van der Waals surface area (Å²) < 4.78 is 23.4. The summed E-state index contributed by atoms with van der Waals surface area (Å²) in [4.78, 5) is 12.9. The number of hydrogen-bond acceptors (Lipinski definition) is 4. The van der Waals surface area contributed by atoms with Gasteiger partial charge in [0, 0.05) is 16.5 Å². The van der Waals surface area contributed by atoms with E-state index in [-0.39, 0.29) is 17.4 Å². The number of carbonyl (C=O) groups is 1. The van der Waals surface area contributed by atoms with E-state index >= 15 is 0 Å². The zero-order valence-electron chi connectivity index (χ0n) is 16.0. The van der Waals surface area contributed by atoms with Gasteiger partial charge in [-0.3, -0.25) is 9.00 Å². The molecule has 29 heavy (non-hydrogen) atoms. The first kappa shape index (κ1) is 21.1. The summed E-state index contributed by atoms with van der Waals surface area (Å²) in [6, 6.07) is 17.9. The zero-order chi connectivity index (χ0) is 20.6. The van der Waals surface area contributed by atoms with Crippen LogP contribution in [0.5, 0.6) is 5.75 Å². The van der Waals surface area contributed by atoms with Gasteiger partial charge in [0.1, 0.15) is 11.5 Å². The minimum Gasteiger partial charge on any atom is -0.494 e. The van der Waals surface area contributed by atoms with E-state index in [0.29, 0.717) is 35.3 Å². The number of nitrogens with one attached hydrogen (secondary N) is 1. The summed E-state index contributed by atoms with van der Waals surface area (Å²) in [7, 11) is -1.30. The quantitative estimate of drug-likeness (QED) is 0.537. The van der Waals surface area contributed by atoms with Crippen LogP contribution >= 0.6 is 11.6 Å². The zero-order valence-corrected chi connectivity index (χ0v) is 17.6. The molecule has 1 atom stereocenters.